The van der Waals surface area contributed by atoms with E-state index in [2.05, 4.69) is 16.9 Å². The number of anilines is 1. The molecule has 2 N–H and O–H groups in total. The van der Waals surface area contributed by atoms with E-state index < -0.39 is 0 Å². The van der Waals surface area contributed by atoms with Crippen LogP contribution in [0.15, 0.2) is 42.5 Å². The molecule has 4 heteroatoms. The minimum atomic E-state index is 0.302. The molecule has 1 aliphatic rings. The SMILES string of the molecule is CC.CC.CN1CCC(Oc2ccc(-c3cccc(N)n3)cc2)C1. The van der Waals surface area contributed by atoms with Gasteiger partial charge in [-0.2, -0.15) is 0 Å². The lowest BCUT2D eigenvalue weighted by molar-refractivity contribution is 0.208. The van der Waals surface area contributed by atoms with Gasteiger partial charge in [-0.25, -0.2) is 4.98 Å². The second-order valence-electron chi connectivity index (χ2n) is 5.26. The van der Waals surface area contributed by atoms with Gasteiger partial charge < -0.3 is 15.4 Å². The third-order valence-electron chi connectivity index (χ3n) is 3.57. The molecular formula is C20H31N3O. The van der Waals surface area contributed by atoms with E-state index in [1.807, 2.05) is 64.1 Å². The number of pyridine rings is 1. The summed E-state index contributed by atoms with van der Waals surface area (Å²) in [6.45, 7) is 10.1. The first-order chi connectivity index (χ1) is 11.7. The fourth-order valence-electron chi connectivity index (χ4n) is 2.50. The van der Waals surface area contributed by atoms with Crippen LogP contribution >= 0.6 is 0 Å². The van der Waals surface area contributed by atoms with Gasteiger partial charge in [-0.1, -0.05) is 33.8 Å². The van der Waals surface area contributed by atoms with E-state index >= 15 is 0 Å². The molecule has 0 spiro atoms. The summed E-state index contributed by atoms with van der Waals surface area (Å²) >= 11 is 0. The molecule has 0 bridgehead atoms. The molecule has 2 heterocycles. The molecule has 0 saturated carbocycles. The zero-order valence-electron chi connectivity index (χ0n) is 15.6. The summed E-state index contributed by atoms with van der Waals surface area (Å²) in [5.41, 5.74) is 7.64. The molecule has 1 aromatic carbocycles. The minimum absolute atomic E-state index is 0.302. The summed E-state index contributed by atoms with van der Waals surface area (Å²) < 4.78 is 5.97. The zero-order chi connectivity index (χ0) is 17.9. The number of hydrogen-bond acceptors (Lipinski definition) is 4. The average Bonchev–Trinajstić information content (AvgIpc) is 3.04. The molecule has 1 aromatic heterocycles. The Morgan fingerprint density at radius 2 is 1.71 bits per heavy atom. The zero-order valence-corrected chi connectivity index (χ0v) is 15.6. The highest BCUT2D eigenvalue weighted by atomic mass is 16.5. The van der Waals surface area contributed by atoms with Crippen LogP contribution in [0.2, 0.25) is 0 Å². The van der Waals surface area contributed by atoms with Gasteiger partial charge in [-0.05, 0) is 49.9 Å². The van der Waals surface area contributed by atoms with Gasteiger partial charge >= 0.3 is 0 Å². The number of nitrogens with zero attached hydrogens (tertiary/aromatic N) is 2. The van der Waals surface area contributed by atoms with Crippen molar-refractivity contribution in [3.05, 3.63) is 42.5 Å². The fraction of sp³-hybridized carbons (Fsp3) is 0.450. The molecule has 24 heavy (non-hydrogen) atoms. The van der Waals surface area contributed by atoms with Crippen molar-refractivity contribution in [2.75, 3.05) is 25.9 Å². The normalized spacial score (nSPS) is 16.5. The highest BCUT2D eigenvalue weighted by Gasteiger charge is 2.20. The van der Waals surface area contributed by atoms with Gasteiger partial charge in [0, 0.05) is 18.7 Å². The quantitative estimate of drug-likeness (QED) is 0.903. The van der Waals surface area contributed by atoms with Crippen molar-refractivity contribution in [1.29, 1.82) is 0 Å². The highest BCUT2D eigenvalue weighted by molar-refractivity contribution is 5.61. The number of likely N-dealkylation sites (tertiary alicyclic amines) is 1. The van der Waals surface area contributed by atoms with E-state index in [9.17, 15) is 0 Å². The lowest BCUT2D eigenvalue weighted by Crippen LogP contribution is -2.21. The molecule has 0 radical (unpaired) electrons. The molecule has 132 valence electrons. The van der Waals surface area contributed by atoms with E-state index in [1.165, 1.54) is 0 Å². The number of hydrogen-bond donors (Lipinski definition) is 1. The van der Waals surface area contributed by atoms with Crippen molar-refractivity contribution in [2.45, 2.75) is 40.2 Å². The predicted octanol–water partition coefficient (Wildman–Crippen LogP) is 4.47. The molecule has 1 fully saturated rings. The molecule has 2 aromatic rings. The summed E-state index contributed by atoms with van der Waals surface area (Å²) in [5.74, 6) is 1.45. The Bertz CT molecular complexity index is 584. The Kier molecular flexibility index (Phi) is 8.87. The van der Waals surface area contributed by atoms with Crippen molar-refractivity contribution in [3.8, 4) is 17.0 Å². The smallest absolute Gasteiger partial charge is 0.124 e. The maximum Gasteiger partial charge on any atom is 0.124 e. The second kappa shape index (κ2) is 10.7. The summed E-state index contributed by atoms with van der Waals surface area (Å²) in [6.07, 6.45) is 1.39. The molecule has 1 saturated heterocycles. The van der Waals surface area contributed by atoms with Crippen molar-refractivity contribution >= 4 is 5.82 Å². The highest BCUT2D eigenvalue weighted by Crippen LogP contribution is 2.23. The first kappa shape index (κ1) is 20.0. The average molecular weight is 329 g/mol. The number of benzene rings is 1. The van der Waals surface area contributed by atoms with Gasteiger partial charge in [0.1, 0.15) is 17.7 Å². The number of likely N-dealkylation sites (N-methyl/N-ethyl adjacent to an activating group) is 1. The monoisotopic (exact) mass is 329 g/mol. The molecule has 4 nitrogen and oxygen atoms in total. The van der Waals surface area contributed by atoms with Crippen LogP contribution in [0.1, 0.15) is 34.1 Å². The molecule has 3 rings (SSSR count). The van der Waals surface area contributed by atoms with Crippen LogP contribution in [0, 0.1) is 0 Å². The Morgan fingerprint density at radius 3 is 2.25 bits per heavy atom. The van der Waals surface area contributed by atoms with Gasteiger partial charge in [0.15, 0.2) is 0 Å². The number of nitrogen functional groups attached to an aromatic ring is 1. The molecule has 0 aliphatic carbocycles. The van der Waals surface area contributed by atoms with Crippen LogP contribution in [0.25, 0.3) is 11.3 Å². The maximum absolute atomic E-state index is 5.97. The van der Waals surface area contributed by atoms with E-state index in [1.54, 1.807) is 6.07 Å². The van der Waals surface area contributed by atoms with Crippen LogP contribution in [0.4, 0.5) is 5.82 Å². The Hall–Kier alpha value is -2.07. The van der Waals surface area contributed by atoms with Gasteiger partial charge in [0.05, 0.1) is 5.69 Å². The molecule has 1 atom stereocenters. The lowest BCUT2D eigenvalue weighted by atomic mass is 10.1. The lowest BCUT2D eigenvalue weighted by Gasteiger charge is -2.14. The molecule has 1 unspecified atom stereocenters. The number of aromatic nitrogens is 1. The van der Waals surface area contributed by atoms with Crippen LogP contribution in [-0.4, -0.2) is 36.1 Å². The first-order valence-electron chi connectivity index (χ1n) is 8.89. The van der Waals surface area contributed by atoms with E-state index in [-0.39, 0.29) is 0 Å². The van der Waals surface area contributed by atoms with Gasteiger partial charge in [0.25, 0.3) is 0 Å². The summed E-state index contributed by atoms with van der Waals surface area (Å²) in [4.78, 5) is 6.60. The van der Waals surface area contributed by atoms with E-state index in [0.29, 0.717) is 11.9 Å². The van der Waals surface area contributed by atoms with Crippen molar-refractivity contribution in [3.63, 3.8) is 0 Å². The van der Waals surface area contributed by atoms with Gasteiger partial charge in [-0.15, -0.1) is 0 Å². The van der Waals surface area contributed by atoms with E-state index in [4.69, 9.17) is 10.5 Å². The third-order valence-corrected chi connectivity index (χ3v) is 3.57. The predicted molar refractivity (Wildman–Crippen MR) is 103 cm³/mol. The van der Waals surface area contributed by atoms with Crippen LogP contribution in [0.5, 0.6) is 5.75 Å². The summed E-state index contributed by atoms with van der Waals surface area (Å²) in [5, 5.41) is 0. The molecular weight excluding hydrogens is 298 g/mol. The summed E-state index contributed by atoms with van der Waals surface area (Å²) in [7, 11) is 2.12. The first-order valence-corrected chi connectivity index (χ1v) is 8.89. The maximum atomic E-state index is 5.97. The van der Waals surface area contributed by atoms with Crippen molar-refractivity contribution in [1.82, 2.24) is 9.88 Å². The molecule has 1 aliphatic heterocycles. The van der Waals surface area contributed by atoms with Crippen LogP contribution in [0.3, 0.4) is 0 Å². The van der Waals surface area contributed by atoms with Crippen molar-refractivity contribution in [2.24, 2.45) is 0 Å². The van der Waals surface area contributed by atoms with Gasteiger partial charge in [0.2, 0.25) is 0 Å². The standard InChI is InChI=1S/C16H19N3O.2C2H6/c1-19-10-9-14(11-19)20-13-7-5-12(6-8-13)15-3-2-4-16(17)18-15;2*1-2/h2-8,14H,9-11H2,1H3,(H2,17,18);2*1-2H3. The fourth-order valence-corrected chi connectivity index (χ4v) is 2.50. The Labute approximate surface area is 146 Å². The second-order valence-corrected chi connectivity index (χ2v) is 5.26. The Morgan fingerprint density at radius 1 is 1.04 bits per heavy atom. The summed E-state index contributed by atoms with van der Waals surface area (Å²) in [6, 6.07) is 13.7. The third kappa shape index (κ3) is 5.85. The topological polar surface area (TPSA) is 51.4 Å². The number of rotatable bonds is 3. The number of ether oxygens (including phenoxy) is 1. The minimum Gasteiger partial charge on any atom is -0.489 e. The Balaban J connectivity index is 0.000000671. The van der Waals surface area contributed by atoms with Crippen molar-refractivity contribution < 1.29 is 4.74 Å². The van der Waals surface area contributed by atoms with Crippen LogP contribution < -0.4 is 10.5 Å². The largest absolute Gasteiger partial charge is 0.489 e. The number of nitrogens with two attached hydrogens (primary N) is 1. The molecule has 0 amide bonds. The van der Waals surface area contributed by atoms with Crippen LogP contribution in [-0.2, 0) is 0 Å². The van der Waals surface area contributed by atoms with Gasteiger partial charge in [-0.3, -0.25) is 0 Å². The van der Waals surface area contributed by atoms with E-state index in [0.717, 1.165) is 36.5 Å².